The van der Waals surface area contributed by atoms with Crippen LogP contribution in [0.3, 0.4) is 0 Å². The number of hydrogen-bond acceptors (Lipinski definition) is 2. The van der Waals surface area contributed by atoms with Crippen molar-refractivity contribution in [2.24, 2.45) is 5.92 Å². The molecule has 0 amide bonds. The minimum atomic E-state index is -3.57. The lowest BCUT2D eigenvalue weighted by Gasteiger charge is -2.07. The van der Waals surface area contributed by atoms with Gasteiger partial charge in [-0.05, 0) is 42.5 Å². The molecular formula is C19H21NO2S. The summed E-state index contributed by atoms with van der Waals surface area (Å²) in [7, 11) is -3.57. The van der Waals surface area contributed by atoms with E-state index in [-0.39, 0.29) is 0 Å². The first-order chi connectivity index (χ1) is 11.0. The van der Waals surface area contributed by atoms with E-state index in [2.05, 4.69) is 13.8 Å². The zero-order valence-electron chi connectivity index (χ0n) is 13.4. The van der Waals surface area contributed by atoms with Gasteiger partial charge in [-0.15, -0.1) is 0 Å². The summed E-state index contributed by atoms with van der Waals surface area (Å²) in [6, 6.07) is 16.3. The third-order valence-corrected chi connectivity index (χ3v) is 5.74. The summed E-state index contributed by atoms with van der Waals surface area (Å²) in [5.74, 6) is 0.586. The van der Waals surface area contributed by atoms with Crippen LogP contribution in [0.2, 0.25) is 0 Å². The van der Waals surface area contributed by atoms with Crippen LogP contribution in [-0.4, -0.2) is 12.4 Å². The molecule has 0 aliphatic rings. The number of nitrogens with zero attached hydrogens (tertiary/aromatic N) is 1. The Balaban J connectivity index is 2.15. The molecular weight excluding hydrogens is 306 g/mol. The van der Waals surface area contributed by atoms with Gasteiger partial charge in [-0.25, -0.2) is 12.4 Å². The Hall–Kier alpha value is -2.07. The van der Waals surface area contributed by atoms with Crippen molar-refractivity contribution in [2.75, 3.05) is 0 Å². The smallest absolute Gasteiger partial charge is 0.241 e. The fraction of sp³-hybridized carbons (Fsp3) is 0.263. The molecule has 3 aromatic rings. The standard InChI is InChI=1S/C19H21NO2S/c1-15(2)12-13-16-14-20(19-11-7-6-10-18(16)19)23(21,22)17-8-4-3-5-9-17/h3-11,14-15H,12-13H2,1-2H3. The van der Waals surface area contributed by atoms with Gasteiger partial charge >= 0.3 is 0 Å². The highest BCUT2D eigenvalue weighted by molar-refractivity contribution is 7.90. The van der Waals surface area contributed by atoms with Crippen molar-refractivity contribution in [2.45, 2.75) is 31.6 Å². The molecule has 0 N–H and O–H groups in total. The highest BCUT2D eigenvalue weighted by Gasteiger charge is 2.20. The van der Waals surface area contributed by atoms with Gasteiger partial charge in [0.1, 0.15) is 0 Å². The van der Waals surface area contributed by atoms with Crippen molar-refractivity contribution in [3.63, 3.8) is 0 Å². The Morgan fingerprint density at radius 3 is 2.30 bits per heavy atom. The highest BCUT2D eigenvalue weighted by Crippen LogP contribution is 2.27. The van der Waals surface area contributed by atoms with Crippen LogP contribution in [-0.2, 0) is 16.4 Å². The van der Waals surface area contributed by atoms with E-state index in [1.54, 1.807) is 30.5 Å². The molecule has 23 heavy (non-hydrogen) atoms. The van der Waals surface area contributed by atoms with E-state index in [4.69, 9.17) is 0 Å². The summed E-state index contributed by atoms with van der Waals surface area (Å²) in [6.07, 6.45) is 3.71. The van der Waals surface area contributed by atoms with Gasteiger partial charge in [0.2, 0.25) is 0 Å². The van der Waals surface area contributed by atoms with Gasteiger partial charge < -0.3 is 0 Å². The molecule has 0 bridgehead atoms. The first kappa shape index (κ1) is 15.8. The lowest BCUT2D eigenvalue weighted by Crippen LogP contribution is -2.11. The normalized spacial score (nSPS) is 12.1. The fourth-order valence-electron chi connectivity index (χ4n) is 2.77. The molecule has 0 spiro atoms. The number of rotatable bonds is 5. The van der Waals surface area contributed by atoms with E-state index in [1.807, 2.05) is 30.3 Å². The number of para-hydroxylation sites is 1. The Kier molecular flexibility index (Phi) is 4.26. The van der Waals surface area contributed by atoms with E-state index in [1.165, 1.54) is 3.97 Å². The van der Waals surface area contributed by atoms with Crippen LogP contribution < -0.4 is 0 Å². The Labute approximate surface area is 137 Å². The molecule has 120 valence electrons. The van der Waals surface area contributed by atoms with Crippen LogP contribution in [0.4, 0.5) is 0 Å². The van der Waals surface area contributed by atoms with Crippen LogP contribution in [0, 0.1) is 5.92 Å². The summed E-state index contributed by atoms with van der Waals surface area (Å²) in [5, 5.41) is 1.02. The highest BCUT2D eigenvalue weighted by atomic mass is 32.2. The Bertz CT molecular complexity index is 909. The molecule has 0 atom stereocenters. The maximum atomic E-state index is 13.0. The molecule has 0 unspecified atom stereocenters. The van der Waals surface area contributed by atoms with Crippen molar-refractivity contribution in [1.82, 2.24) is 3.97 Å². The van der Waals surface area contributed by atoms with E-state index in [9.17, 15) is 8.42 Å². The second-order valence-electron chi connectivity index (χ2n) is 6.22. The molecule has 0 radical (unpaired) electrons. The Morgan fingerprint density at radius 2 is 1.61 bits per heavy atom. The fourth-order valence-corrected chi connectivity index (χ4v) is 4.18. The van der Waals surface area contributed by atoms with Gasteiger partial charge in [-0.2, -0.15) is 0 Å². The zero-order valence-corrected chi connectivity index (χ0v) is 14.3. The van der Waals surface area contributed by atoms with Crippen molar-refractivity contribution in [3.05, 3.63) is 66.4 Å². The second kappa shape index (κ2) is 6.20. The van der Waals surface area contributed by atoms with Gasteiger partial charge in [-0.3, -0.25) is 0 Å². The number of hydrogen-bond donors (Lipinski definition) is 0. The quantitative estimate of drug-likeness (QED) is 0.693. The van der Waals surface area contributed by atoms with E-state index >= 15 is 0 Å². The molecule has 0 fully saturated rings. The molecule has 1 heterocycles. The minimum Gasteiger partial charge on any atom is -0.241 e. The maximum Gasteiger partial charge on any atom is 0.268 e. The third-order valence-electron chi connectivity index (χ3n) is 4.05. The van der Waals surface area contributed by atoms with Crippen molar-refractivity contribution in [3.8, 4) is 0 Å². The van der Waals surface area contributed by atoms with Crippen LogP contribution in [0.15, 0.2) is 65.7 Å². The van der Waals surface area contributed by atoms with Crippen molar-refractivity contribution in [1.29, 1.82) is 0 Å². The van der Waals surface area contributed by atoms with Crippen LogP contribution in [0.1, 0.15) is 25.8 Å². The van der Waals surface area contributed by atoms with Gasteiger partial charge in [0.05, 0.1) is 10.4 Å². The molecule has 3 rings (SSSR count). The summed E-state index contributed by atoms with van der Waals surface area (Å²) in [4.78, 5) is 0.316. The topological polar surface area (TPSA) is 39.1 Å². The Morgan fingerprint density at radius 1 is 0.957 bits per heavy atom. The number of aromatic nitrogens is 1. The molecule has 0 saturated carbocycles. The van der Waals surface area contributed by atoms with Crippen molar-refractivity contribution >= 4 is 20.9 Å². The summed E-state index contributed by atoms with van der Waals surface area (Å²) >= 11 is 0. The number of fused-ring (bicyclic) bond motifs is 1. The first-order valence-electron chi connectivity index (χ1n) is 7.90. The van der Waals surface area contributed by atoms with E-state index in [0.717, 1.165) is 29.3 Å². The molecule has 0 saturated heterocycles. The zero-order chi connectivity index (χ0) is 16.4. The monoisotopic (exact) mass is 327 g/mol. The third kappa shape index (κ3) is 3.04. The molecule has 0 aliphatic carbocycles. The SMILES string of the molecule is CC(C)CCc1cn(S(=O)(=O)c2ccccc2)c2ccccc12. The average Bonchev–Trinajstić information content (AvgIpc) is 2.93. The van der Waals surface area contributed by atoms with E-state index < -0.39 is 10.0 Å². The number of aryl methyl sites for hydroxylation is 1. The number of benzene rings is 2. The van der Waals surface area contributed by atoms with E-state index in [0.29, 0.717) is 10.8 Å². The lowest BCUT2D eigenvalue weighted by atomic mass is 10.0. The molecule has 1 aromatic heterocycles. The van der Waals surface area contributed by atoms with Gasteiger partial charge in [0, 0.05) is 11.6 Å². The van der Waals surface area contributed by atoms with Gasteiger partial charge in [0.25, 0.3) is 10.0 Å². The average molecular weight is 327 g/mol. The molecule has 2 aromatic carbocycles. The predicted octanol–water partition coefficient (Wildman–Crippen LogP) is 4.47. The molecule has 0 aliphatic heterocycles. The maximum absolute atomic E-state index is 13.0. The second-order valence-corrected chi connectivity index (χ2v) is 8.03. The van der Waals surface area contributed by atoms with Crippen molar-refractivity contribution < 1.29 is 8.42 Å². The summed E-state index contributed by atoms with van der Waals surface area (Å²) in [6.45, 7) is 4.36. The summed E-state index contributed by atoms with van der Waals surface area (Å²) in [5.41, 5.74) is 1.84. The van der Waals surface area contributed by atoms with Crippen LogP contribution in [0.25, 0.3) is 10.9 Å². The van der Waals surface area contributed by atoms with Crippen LogP contribution in [0.5, 0.6) is 0 Å². The lowest BCUT2D eigenvalue weighted by molar-refractivity contribution is 0.584. The van der Waals surface area contributed by atoms with Gasteiger partial charge in [-0.1, -0.05) is 50.2 Å². The summed E-state index contributed by atoms with van der Waals surface area (Å²) < 4.78 is 27.3. The molecule has 4 heteroatoms. The van der Waals surface area contributed by atoms with Crippen LogP contribution >= 0.6 is 0 Å². The first-order valence-corrected chi connectivity index (χ1v) is 9.34. The molecule has 3 nitrogen and oxygen atoms in total. The van der Waals surface area contributed by atoms with Gasteiger partial charge in [0.15, 0.2) is 0 Å². The largest absolute Gasteiger partial charge is 0.268 e. The predicted molar refractivity (Wildman–Crippen MR) is 94.1 cm³/mol. The minimum absolute atomic E-state index is 0.316.